The van der Waals surface area contributed by atoms with Gasteiger partial charge in [0, 0.05) is 11.6 Å². The molecular formula is C7H6Br2O2S. The lowest BCUT2D eigenvalue weighted by molar-refractivity contribution is 0.0852. The summed E-state index contributed by atoms with van der Waals surface area (Å²) in [5.41, 5.74) is 0. The van der Waals surface area contributed by atoms with E-state index in [9.17, 15) is 4.79 Å². The van der Waals surface area contributed by atoms with Crippen LogP contribution in [0.25, 0.3) is 0 Å². The van der Waals surface area contributed by atoms with E-state index in [1.807, 2.05) is 0 Å². The highest BCUT2D eigenvalue weighted by atomic mass is 79.9. The number of ether oxygens (including phenoxy) is 1. The summed E-state index contributed by atoms with van der Waals surface area (Å²) in [4.78, 5) is 12.0. The van der Waals surface area contributed by atoms with Crippen molar-refractivity contribution in [1.29, 1.82) is 0 Å². The molecular weight excluding hydrogens is 308 g/mol. The van der Waals surface area contributed by atoms with Crippen LogP contribution in [-0.4, -0.2) is 19.5 Å². The number of hydrogen-bond acceptors (Lipinski definition) is 3. The summed E-state index contributed by atoms with van der Waals surface area (Å²) in [5, 5.41) is 0. The third-order valence-corrected chi connectivity index (χ3v) is 4.49. The van der Waals surface area contributed by atoms with Crippen LogP contribution < -0.4 is 0 Å². The van der Waals surface area contributed by atoms with Gasteiger partial charge in [0.1, 0.15) is 6.61 Å². The molecule has 0 N–H and O–H groups in total. The fourth-order valence-electron chi connectivity index (χ4n) is 0.686. The van der Waals surface area contributed by atoms with E-state index in [2.05, 4.69) is 31.9 Å². The molecule has 0 unspecified atom stereocenters. The molecule has 0 atom stereocenters. The van der Waals surface area contributed by atoms with Crippen molar-refractivity contribution in [3.8, 4) is 0 Å². The summed E-state index contributed by atoms with van der Waals surface area (Å²) in [6.45, 7) is 0.138. The van der Waals surface area contributed by atoms with E-state index in [-0.39, 0.29) is 12.4 Å². The van der Waals surface area contributed by atoms with Crippen molar-refractivity contribution in [3.05, 3.63) is 19.2 Å². The SMILES string of the molecule is COCC(=O)c1cc(Br)c(Br)s1. The van der Waals surface area contributed by atoms with Crippen molar-refractivity contribution in [2.75, 3.05) is 13.7 Å². The van der Waals surface area contributed by atoms with Crippen molar-refractivity contribution >= 4 is 49.0 Å². The smallest absolute Gasteiger partial charge is 0.198 e. The summed E-state index contributed by atoms with van der Waals surface area (Å²) in [7, 11) is 1.51. The molecule has 0 aromatic carbocycles. The van der Waals surface area contributed by atoms with Crippen molar-refractivity contribution in [1.82, 2.24) is 0 Å². The molecule has 0 aliphatic rings. The highest BCUT2D eigenvalue weighted by Crippen LogP contribution is 2.32. The number of carbonyl (C=O) groups excluding carboxylic acids is 1. The van der Waals surface area contributed by atoms with E-state index in [4.69, 9.17) is 4.74 Å². The minimum atomic E-state index is 0.00824. The van der Waals surface area contributed by atoms with Gasteiger partial charge in [-0.05, 0) is 37.9 Å². The molecule has 2 nitrogen and oxygen atoms in total. The number of thiophene rings is 1. The Hall–Kier alpha value is 0.290. The van der Waals surface area contributed by atoms with Crippen molar-refractivity contribution in [2.24, 2.45) is 0 Å². The van der Waals surface area contributed by atoms with E-state index in [0.29, 0.717) is 4.88 Å². The molecule has 0 spiro atoms. The summed E-state index contributed by atoms with van der Waals surface area (Å²) < 4.78 is 6.58. The Balaban J connectivity index is 2.82. The molecule has 66 valence electrons. The van der Waals surface area contributed by atoms with Crippen LogP contribution in [0.1, 0.15) is 9.67 Å². The average Bonchev–Trinajstić information content (AvgIpc) is 2.33. The minimum absolute atomic E-state index is 0.00824. The molecule has 0 saturated heterocycles. The average molecular weight is 314 g/mol. The van der Waals surface area contributed by atoms with E-state index < -0.39 is 0 Å². The monoisotopic (exact) mass is 312 g/mol. The fraction of sp³-hybridized carbons (Fsp3) is 0.286. The summed E-state index contributed by atoms with van der Waals surface area (Å²) >= 11 is 8.02. The van der Waals surface area contributed by atoms with Crippen LogP contribution >= 0.6 is 43.2 Å². The van der Waals surface area contributed by atoms with Crippen LogP contribution in [0.2, 0.25) is 0 Å². The molecule has 0 radical (unpaired) electrons. The molecule has 0 amide bonds. The van der Waals surface area contributed by atoms with Gasteiger partial charge in [0.15, 0.2) is 5.78 Å². The van der Waals surface area contributed by atoms with Crippen LogP contribution in [0, 0.1) is 0 Å². The van der Waals surface area contributed by atoms with Crippen LogP contribution in [0.5, 0.6) is 0 Å². The zero-order valence-electron chi connectivity index (χ0n) is 6.27. The molecule has 0 bridgehead atoms. The summed E-state index contributed by atoms with van der Waals surface area (Å²) in [6.07, 6.45) is 0. The normalized spacial score (nSPS) is 10.2. The molecule has 0 fully saturated rings. The Morgan fingerprint density at radius 1 is 1.67 bits per heavy atom. The number of hydrogen-bond donors (Lipinski definition) is 0. The van der Waals surface area contributed by atoms with Gasteiger partial charge >= 0.3 is 0 Å². The van der Waals surface area contributed by atoms with Crippen LogP contribution in [-0.2, 0) is 4.74 Å². The van der Waals surface area contributed by atoms with Crippen LogP contribution in [0.15, 0.2) is 14.3 Å². The van der Waals surface area contributed by atoms with Gasteiger partial charge < -0.3 is 4.74 Å². The lowest BCUT2D eigenvalue weighted by Gasteiger charge is -1.92. The summed E-state index contributed by atoms with van der Waals surface area (Å²) in [5.74, 6) is 0.00824. The van der Waals surface area contributed by atoms with Crippen molar-refractivity contribution in [2.45, 2.75) is 0 Å². The maximum absolute atomic E-state index is 11.3. The predicted octanol–water partition coefficient (Wildman–Crippen LogP) is 3.10. The van der Waals surface area contributed by atoms with Gasteiger partial charge in [-0.15, -0.1) is 11.3 Å². The maximum atomic E-state index is 11.3. The first-order chi connectivity index (χ1) is 5.65. The highest BCUT2D eigenvalue weighted by Gasteiger charge is 2.10. The quantitative estimate of drug-likeness (QED) is 0.802. The third kappa shape index (κ3) is 2.39. The third-order valence-electron chi connectivity index (χ3n) is 1.20. The molecule has 1 aromatic rings. The van der Waals surface area contributed by atoms with Gasteiger partial charge in [0.2, 0.25) is 0 Å². The second-order valence-corrected chi connectivity index (χ2v) is 5.31. The van der Waals surface area contributed by atoms with Gasteiger partial charge in [0.05, 0.1) is 8.66 Å². The van der Waals surface area contributed by atoms with E-state index in [0.717, 1.165) is 8.26 Å². The molecule has 5 heteroatoms. The van der Waals surface area contributed by atoms with E-state index in [1.165, 1.54) is 18.4 Å². The predicted molar refractivity (Wildman–Crippen MR) is 55.9 cm³/mol. The Morgan fingerprint density at radius 2 is 2.33 bits per heavy atom. The molecule has 0 saturated carbocycles. The van der Waals surface area contributed by atoms with Gasteiger partial charge in [-0.25, -0.2) is 0 Å². The van der Waals surface area contributed by atoms with Crippen LogP contribution in [0.4, 0.5) is 0 Å². The zero-order chi connectivity index (χ0) is 9.14. The van der Waals surface area contributed by atoms with Gasteiger partial charge in [-0.1, -0.05) is 0 Å². The molecule has 1 aromatic heterocycles. The Bertz CT molecular complexity index is 276. The van der Waals surface area contributed by atoms with E-state index in [1.54, 1.807) is 6.07 Å². The van der Waals surface area contributed by atoms with Crippen LogP contribution in [0.3, 0.4) is 0 Å². The molecule has 1 rings (SSSR count). The highest BCUT2D eigenvalue weighted by molar-refractivity contribution is 9.13. The minimum Gasteiger partial charge on any atom is -0.376 e. The first-order valence-electron chi connectivity index (χ1n) is 3.12. The number of rotatable bonds is 3. The number of ketones is 1. The van der Waals surface area contributed by atoms with Crippen molar-refractivity contribution < 1.29 is 9.53 Å². The molecule has 0 aliphatic carbocycles. The summed E-state index contributed by atoms with van der Waals surface area (Å²) in [6, 6.07) is 1.79. The maximum Gasteiger partial charge on any atom is 0.198 e. The van der Waals surface area contributed by atoms with Gasteiger partial charge in [-0.2, -0.15) is 0 Å². The first-order valence-corrected chi connectivity index (χ1v) is 5.52. The standard InChI is InChI=1S/C7H6Br2O2S/c1-11-3-5(10)6-2-4(8)7(9)12-6/h2H,3H2,1H3. The topological polar surface area (TPSA) is 26.3 Å². The second-order valence-electron chi connectivity index (χ2n) is 2.09. The van der Waals surface area contributed by atoms with Gasteiger partial charge in [0.25, 0.3) is 0 Å². The number of carbonyl (C=O) groups is 1. The first kappa shape index (κ1) is 10.4. The lowest BCUT2D eigenvalue weighted by Crippen LogP contribution is -2.04. The van der Waals surface area contributed by atoms with E-state index >= 15 is 0 Å². The number of methoxy groups -OCH3 is 1. The number of Topliss-reactive ketones (excluding diaryl/α,β-unsaturated/α-hetero) is 1. The Kier molecular flexibility index (Phi) is 3.89. The van der Waals surface area contributed by atoms with Gasteiger partial charge in [-0.3, -0.25) is 4.79 Å². The molecule has 12 heavy (non-hydrogen) atoms. The largest absolute Gasteiger partial charge is 0.376 e. The second kappa shape index (κ2) is 4.50. The Labute approximate surface area is 91.2 Å². The number of halogens is 2. The fourth-order valence-corrected chi connectivity index (χ4v) is 2.65. The zero-order valence-corrected chi connectivity index (χ0v) is 10.3. The molecule has 0 aliphatic heterocycles. The molecule has 1 heterocycles. The Morgan fingerprint density at radius 3 is 2.75 bits per heavy atom. The van der Waals surface area contributed by atoms with Crippen molar-refractivity contribution in [3.63, 3.8) is 0 Å². The lowest BCUT2D eigenvalue weighted by atomic mass is 10.3.